The third kappa shape index (κ3) is 1.47. The molecule has 0 fully saturated rings. The number of phenolic OH excluding ortho intramolecular Hbond substituents is 2. The Morgan fingerprint density at radius 2 is 1.77 bits per heavy atom. The fraction of sp³-hybridized carbons (Fsp3) is 0.0588. The summed E-state index contributed by atoms with van der Waals surface area (Å²) in [6.07, 6.45) is 2.97. The summed E-state index contributed by atoms with van der Waals surface area (Å²) in [6.45, 7) is 1.61. The van der Waals surface area contributed by atoms with E-state index in [0.717, 1.165) is 0 Å². The van der Waals surface area contributed by atoms with Crippen LogP contribution in [0.5, 0.6) is 11.5 Å². The van der Waals surface area contributed by atoms with Crippen LogP contribution in [-0.4, -0.2) is 16.0 Å². The molecule has 0 aliphatic heterocycles. The first-order valence-corrected chi connectivity index (χ1v) is 6.66. The maximum Gasteiger partial charge on any atom is 0.196 e. The number of hydrogen-bond acceptors (Lipinski definition) is 5. The predicted molar refractivity (Wildman–Crippen MR) is 81.4 cm³/mol. The van der Waals surface area contributed by atoms with Gasteiger partial charge in [0.05, 0.1) is 10.9 Å². The van der Waals surface area contributed by atoms with Crippen molar-refractivity contribution >= 4 is 33.6 Å². The van der Waals surface area contributed by atoms with Crippen molar-refractivity contribution < 1.29 is 19.4 Å². The third-order valence-electron chi connectivity index (χ3n) is 3.87. The Morgan fingerprint density at radius 3 is 2.55 bits per heavy atom. The van der Waals surface area contributed by atoms with E-state index in [9.17, 15) is 19.8 Å². The van der Waals surface area contributed by atoms with Gasteiger partial charge in [-0.1, -0.05) is 6.08 Å². The summed E-state index contributed by atoms with van der Waals surface area (Å²) in [4.78, 5) is 24.0. The van der Waals surface area contributed by atoms with Gasteiger partial charge in [0.25, 0.3) is 0 Å². The second-order valence-corrected chi connectivity index (χ2v) is 5.31. The first kappa shape index (κ1) is 12.6. The van der Waals surface area contributed by atoms with Gasteiger partial charge in [-0.05, 0) is 36.1 Å². The molecule has 5 heteroatoms. The lowest BCUT2D eigenvalue weighted by Gasteiger charge is -2.10. The molecular weight excluding hydrogens is 284 g/mol. The Morgan fingerprint density at radius 1 is 1.00 bits per heavy atom. The van der Waals surface area contributed by atoms with E-state index in [1.807, 2.05) is 0 Å². The highest BCUT2D eigenvalue weighted by atomic mass is 16.3. The first-order chi connectivity index (χ1) is 10.5. The molecule has 5 nitrogen and oxygen atoms in total. The van der Waals surface area contributed by atoms with Crippen molar-refractivity contribution in [2.45, 2.75) is 6.92 Å². The van der Waals surface area contributed by atoms with Crippen LogP contribution in [0.3, 0.4) is 0 Å². The van der Waals surface area contributed by atoms with Crippen LogP contribution in [0.15, 0.2) is 33.5 Å². The van der Waals surface area contributed by atoms with E-state index in [0.29, 0.717) is 16.7 Å². The van der Waals surface area contributed by atoms with E-state index in [2.05, 4.69) is 0 Å². The minimum absolute atomic E-state index is 0.00763. The Kier molecular flexibility index (Phi) is 2.29. The molecule has 1 aliphatic rings. The summed E-state index contributed by atoms with van der Waals surface area (Å²) in [5.41, 5.74) is 0.440. The predicted octanol–water partition coefficient (Wildman–Crippen LogP) is 2.88. The molecule has 0 radical (unpaired) electrons. The molecule has 0 saturated carbocycles. The van der Waals surface area contributed by atoms with Crippen LogP contribution < -0.4 is 5.43 Å². The maximum absolute atomic E-state index is 12.1. The lowest BCUT2D eigenvalue weighted by Crippen LogP contribution is -2.02. The molecule has 0 bridgehead atoms. The molecule has 2 N–H and O–H groups in total. The fourth-order valence-electron chi connectivity index (χ4n) is 2.95. The van der Waals surface area contributed by atoms with Crippen LogP contribution in [0.25, 0.3) is 27.8 Å². The highest BCUT2D eigenvalue weighted by Crippen LogP contribution is 2.41. The zero-order chi connectivity index (χ0) is 15.6. The van der Waals surface area contributed by atoms with Crippen molar-refractivity contribution in [3.63, 3.8) is 0 Å². The molecule has 0 unspecified atom stereocenters. The number of aromatic hydroxyl groups is 2. The van der Waals surface area contributed by atoms with E-state index >= 15 is 0 Å². The molecule has 22 heavy (non-hydrogen) atoms. The Hall–Kier alpha value is -3.08. The van der Waals surface area contributed by atoms with Gasteiger partial charge in [0, 0.05) is 6.07 Å². The van der Waals surface area contributed by atoms with Crippen LogP contribution in [0.2, 0.25) is 0 Å². The second kappa shape index (κ2) is 3.98. The number of carbonyl (C=O) groups is 1. The van der Waals surface area contributed by atoms with Crippen molar-refractivity contribution in [1.29, 1.82) is 0 Å². The topological polar surface area (TPSA) is 87.7 Å². The molecule has 0 saturated heterocycles. The SMILES string of the molecule is Cc1cc(=O)c2c(O)cc3cc4c(c(O)c3c2o1)C(=O)C=C4. The summed E-state index contributed by atoms with van der Waals surface area (Å²) in [6, 6.07) is 4.33. The van der Waals surface area contributed by atoms with Crippen molar-refractivity contribution in [2.75, 3.05) is 0 Å². The zero-order valence-corrected chi connectivity index (χ0v) is 11.5. The molecule has 0 atom stereocenters. The van der Waals surface area contributed by atoms with E-state index in [1.54, 1.807) is 19.1 Å². The van der Waals surface area contributed by atoms with Gasteiger partial charge in [-0.2, -0.15) is 0 Å². The average molecular weight is 294 g/mol. The van der Waals surface area contributed by atoms with Crippen LogP contribution in [0.1, 0.15) is 21.7 Å². The van der Waals surface area contributed by atoms with Gasteiger partial charge in [-0.15, -0.1) is 0 Å². The van der Waals surface area contributed by atoms with Crippen molar-refractivity contribution in [2.24, 2.45) is 0 Å². The highest BCUT2D eigenvalue weighted by Gasteiger charge is 2.24. The largest absolute Gasteiger partial charge is 0.507 e. The minimum Gasteiger partial charge on any atom is -0.507 e. The quantitative estimate of drug-likeness (QED) is 0.622. The Balaban J connectivity index is 2.33. The Bertz CT molecular complexity index is 1090. The van der Waals surface area contributed by atoms with E-state index in [4.69, 9.17) is 4.42 Å². The number of carbonyl (C=O) groups excluding carboxylic acids is 1. The summed E-state index contributed by atoms with van der Waals surface area (Å²) in [7, 11) is 0. The molecule has 1 heterocycles. The van der Waals surface area contributed by atoms with Crippen molar-refractivity contribution in [3.05, 3.63) is 51.4 Å². The molecule has 4 rings (SSSR count). The fourth-order valence-corrected chi connectivity index (χ4v) is 2.95. The van der Waals surface area contributed by atoms with Crippen LogP contribution >= 0.6 is 0 Å². The van der Waals surface area contributed by atoms with Gasteiger partial charge in [0.1, 0.15) is 22.6 Å². The summed E-state index contributed by atoms with van der Waals surface area (Å²) >= 11 is 0. The number of benzene rings is 2. The second-order valence-electron chi connectivity index (χ2n) is 5.31. The maximum atomic E-state index is 12.1. The molecule has 108 valence electrons. The van der Waals surface area contributed by atoms with Crippen molar-refractivity contribution in [3.8, 4) is 11.5 Å². The van der Waals surface area contributed by atoms with E-state index in [1.165, 1.54) is 18.2 Å². The van der Waals surface area contributed by atoms with Gasteiger partial charge in [-0.3, -0.25) is 9.59 Å². The number of fused-ring (bicyclic) bond motifs is 4. The lowest BCUT2D eigenvalue weighted by atomic mass is 9.98. The highest BCUT2D eigenvalue weighted by molar-refractivity contribution is 6.21. The molecule has 1 aliphatic carbocycles. The van der Waals surface area contributed by atoms with Gasteiger partial charge in [0.2, 0.25) is 0 Å². The number of ketones is 1. The minimum atomic E-state index is -0.400. The van der Waals surface area contributed by atoms with E-state index in [-0.39, 0.29) is 39.2 Å². The first-order valence-electron chi connectivity index (χ1n) is 6.66. The van der Waals surface area contributed by atoms with E-state index < -0.39 is 5.43 Å². The summed E-state index contributed by atoms with van der Waals surface area (Å²) in [5.74, 6) is -0.399. The number of phenols is 2. The lowest BCUT2D eigenvalue weighted by molar-refractivity contribution is 0.104. The normalized spacial score (nSPS) is 13.2. The van der Waals surface area contributed by atoms with Gasteiger partial charge in [0.15, 0.2) is 16.8 Å². The van der Waals surface area contributed by atoms with Crippen LogP contribution in [0, 0.1) is 6.92 Å². The smallest absolute Gasteiger partial charge is 0.196 e. The standard InChI is InChI=1S/C17H10O5/c1-7-4-11(19)15-12(20)6-9-5-8-2-3-10(18)13(8)16(21)14(9)17(15)22-7/h2-6,20-21H,1H3. The molecular formula is C17H10O5. The molecule has 2 aromatic carbocycles. The summed E-state index contributed by atoms with van der Waals surface area (Å²) in [5, 5.41) is 21.4. The van der Waals surface area contributed by atoms with Crippen molar-refractivity contribution in [1.82, 2.24) is 0 Å². The number of allylic oxidation sites excluding steroid dienone is 1. The van der Waals surface area contributed by atoms with Gasteiger partial charge < -0.3 is 14.6 Å². The molecule has 0 amide bonds. The zero-order valence-electron chi connectivity index (χ0n) is 11.5. The molecule has 3 aromatic rings. The molecule has 1 aromatic heterocycles. The van der Waals surface area contributed by atoms with Crippen LogP contribution in [-0.2, 0) is 0 Å². The summed E-state index contributed by atoms with van der Waals surface area (Å²) < 4.78 is 5.56. The number of rotatable bonds is 0. The Labute approximate surface area is 123 Å². The van der Waals surface area contributed by atoms with Crippen LogP contribution in [0.4, 0.5) is 0 Å². The van der Waals surface area contributed by atoms with Gasteiger partial charge in [-0.25, -0.2) is 0 Å². The third-order valence-corrected chi connectivity index (χ3v) is 3.87. The molecule has 0 spiro atoms. The number of aryl methyl sites for hydroxylation is 1. The number of hydrogen-bond donors (Lipinski definition) is 2. The average Bonchev–Trinajstić information content (AvgIpc) is 2.79. The van der Waals surface area contributed by atoms with Gasteiger partial charge >= 0.3 is 0 Å². The monoisotopic (exact) mass is 294 g/mol.